The van der Waals surface area contributed by atoms with Gasteiger partial charge in [-0.25, -0.2) is 9.59 Å². The predicted molar refractivity (Wildman–Crippen MR) is 125 cm³/mol. The highest BCUT2D eigenvalue weighted by Crippen LogP contribution is 2.36. The fourth-order valence-corrected chi connectivity index (χ4v) is 4.66. The Bertz CT molecular complexity index is 820. The highest BCUT2D eigenvalue weighted by Gasteiger charge is 2.44. The first kappa shape index (κ1) is 24.9. The molecule has 0 aromatic heterocycles. The van der Waals surface area contributed by atoms with Crippen molar-refractivity contribution < 1.29 is 23.9 Å². The average molecular weight is 460 g/mol. The van der Waals surface area contributed by atoms with E-state index in [-0.39, 0.29) is 18.1 Å². The van der Waals surface area contributed by atoms with Crippen LogP contribution in [0.2, 0.25) is 0 Å². The number of nitrogens with one attached hydrogen (secondary N) is 1. The topological polar surface area (TPSA) is 88.2 Å². The van der Waals surface area contributed by atoms with Crippen molar-refractivity contribution in [3.05, 3.63) is 35.9 Å². The van der Waals surface area contributed by atoms with Gasteiger partial charge in [0.05, 0.1) is 12.5 Å². The van der Waals surface area contributed by atoms with Gasteiger partial charge in [0.25, 0.3) is 0 Å². The molecule has 3 amide bonds. The van der Waals surface area contributed by atoms with Crippen molar-refractivity contribution in [3.8, 4) is 0 Å². The SMILES string of the molecule is COC(=O)N1CCC(C(=O)NCC2CCN(C(=O)OC(C)(C)C)CC2)(c2ccccc2)CC1. The van der Waals surface area contributed by atoms with E-state index in [9.17, 15) is 14.4 Å². The number of ether oxygens (including phenoxy) is 2. The van der Waals surface area contributed by atoms with Gasteiger partial charge in [0.2, 0.25) is 5.91 Å². The number of nitrogens with zero attached hydrogens (tertiary/aromatic N) is 2. The van der Waals surface area contributed by atoms with Gasteiger partial charge in [-0.3, -0.25) is 4.79 Å². The van der Waals surface area contributed by atoms with Crippen LogP contribution in [0.1, 0.15) is 52.0 Å². The summed E-state index contributed by atoms with van der Waals surface area (Å²) >= 11 is 0. The molecular weight excluding hydrogens is 422 g/mol. The minimum atomic E-state index is -0.664. The molecule has 2 heterocycles. The zero-order valence-corrected chi connectivity index (χ0v) is 20.3. The van der Waals surface area contributed by atoms with E-state index in [1.54, 1.807) is 9.80 Å². The lowest BCUT2D eigenvalue weighted by molar-refractivity contribution is -0.128. The molecule has 0 aliphatic carbocycles. The number of amides is 3. The van der Waals surface area contributed by atoms with E-state index in [4.69, 9.17) is 9.47 Å². The molecule has 0 bridgehead atoms. The fourth-order valence-electron chi connectivity index (χ4n) is 4.66. The number of carbonyl (C=O) groups is 3. The summed E-state index contributed by atoms with van der Waals surface area (Å²) in [5.41, 5.74) is -0.188. The molecule has 8 heteroatoms. The largest absolute Gasteiger partial charge is 0.453 e. The number of methoxy groups -OCH3 is 1. The van der Waals surface area contributed by atoms with E-state index in [1.807, 2.05) is 51.1 Å². The zero-order chi connectivity index (χ0) is 24.1. The third-order valence-electron chi connectivity index (χ3n) is 6.63. The van der Waals surface area contributed by atoms with Gasteiger partial charge < -0.3 is 24.6 Å². The summed E-state index contributed by atoms with van der Waals surface area (Å²) in [4.78, 5) is 41.1. The number of hydrogen-bond donors (Lipinski definition) is 1. The molecule has 0 unspecified atom stereocenters. The van der Waals surface area contributed by atoms with E-state index in [2.05, 4.69) is 5.32 Å². The highest BCUT2D eigenvalue weighted by molar-refractivity contribution is 5.88. The Morgan fingerprint density at radius 2 is 1.55 bits per heavy atom. The number of benzene rings is 1. The monoisotopic (exact) mass is 459 g/mol. The molecule has 8 nitrogen and oxygen atoms in total. The second-order valence-corrected chi connectivity index (χ2v) is 10.0. The Morgan fingerprint density at radius 1 is 0.970 bits per heavy atom. The van der Waals surface area contributed by atoms with E-state index in [0.717, 1.165) is 18.4 Å². The van der Waals surface area contributed by atoms with Crippen LogP contribution in [0.3, 0.4) is 0 Å². The molecule has 182 valence electrons. The predicted octanol–water partition coefficient (Wildman–Crippen LogP) is 3.55. The number of piperidine rings is 2. The number of rotatable bonds is 4. The van der Waals surface area contributed by atoms with Gasteiger partial charge in [0.1, 0.15) is 5.60 Å². The van der Waals surface area contributed by atoms with Crippen molar-refractivity contribution in [3.63, 3.8) is 0 Å². The quantitative estimate of drug-likeness (QED) is 0.744. The minimum absolute atomic E-state index is 0.00721. The Kier molecular flexibility index (Phi) is 7.87. The molecule has 33 heavy (non-hydrogen) atoms. The van der Waals surface area contributed by atoms with Gasteiger partial charge >= 0.3 is 12.2 Å². The maximum absolute atomic E-state index is 13.5. The van der Waals surface area contributed by atoms with Crippen molar-refractivity contribution in [2.45, 2.75) is 57.5 Å². The molecule has 1 aromatic carbocycles. The first-order chi connectivity index (χ1) is 15.6. The first-order valence-electron chi connectivity index (χ1n) is 11.8. The Morgan fingerprint density at radius 3 is 2.09 bits per heavy atom. The number of likely N-dealkylation sites (tertiary alicyclic amines) is 2. The molecule has 2 aliphatic heterocycles. The maximum atomic E-state index is 13.5. The molecule has 1 aromatic rings. The van der Waals surface area contributed by atoms with Crippen LogP contribution in [-0.4, -0.2) is 73.3 Å². The molecule has 0 atom stereocenters. The van der Waals surface area contributed by atoms with Crippen LogP contribution in [0.25, 0.3) is 0 Å². The van der Waals surface area contributed by atoms with Gasteiger partial charge in [0.15, 0.2) is 0 Å². The lowest BCUT2D eigenvalue weighted by Gasteiger charge is -2.41. The van der Waals surface area contributed by atoms with Crippen LogP contribution in [0.4, 0.5) is 9.59 Å². The van der Waals surface area contributed by atoms with Crippen LogP contribution in [0.15, 0.2) is 30.3 Å². The van der Waals surface area contributed by atoms with Crippen molar-refractivity contribution >= 4 is 18.1 Å². The molecular formula is C25H37N3O5. The highest BCUT2D eigenvalue weighted by atomic mass is 16.6. The Labute approximate surface area is 196 Å². The molecule has 0 spiro atoms. The van der Waals surface area contributed by atoms with Crippen molar-refractivity contribution in [1.82, 2.24) is 15.1 Å². The molecule has 1 N–H and O–H groups in total. The van der Waals surface area contributed by atoms with Gasteiger partial charge in [0, 0.05) is 32.7 Å². The Hall–Kier alpha value is -2.77. The van der Waals surface area contributed by atoms with E-state index < -0.39 is 11.0 Å². The average Bonchev–Trinajstić information content (AvgIpc) is 2.81. The Balaban J connectivity index is 1.58. The van der Waals surface area contributed by atoms with Crippen molar-refractivity contribution in [1.29, 1.82) is 0 Å². The fraction of sp³-hybridized carbons (Fsp3) is 0.640. The van der Waals surface area contributed by atoms with Crippen LogP contribution in [0, 0.1) is 5.92 Å². The molecule has 2 saturated heterocycles. The standard InChI is InChI=1S/C25H37N3O5/c1-24(2,3)33-23(31)27-14-10-19(11-15-27)18-26-21(29)25(20-8-6-5-7-9-20)12-16-28(17-13-25)22(30)32-4/h5-9,19H,10-18H2,1-4H3,(H,26,29). The zero-order valence-electron chi connectivity index (χ0n) is 20.3. The molecule has 2 fully saturated rings. The van der Waals surface area contributed by atoms with E-state index >= 15 is 0 Å². The molecule has 2 aliphatic rings. The second-order valence-electron chi connectivity index (χ2n) is 10.0. The summed E-state index contributed by atoms with van der Waals surface area (Å²) in [5.74, 6) is 0.323. The third-order valence-corrected chi connectivity index (χ3v) is 6.63. The van der Waals surface area contributed by atoms with Gasteiger partial charge in [-0.1, -0.05) is 30.3 Å². The normalized spacial score (nSPS) is 19.0. The smallest absolute Gasteiger partial charge is 0.410 e. The van der Waals surface area contributed by atoms with Crippen LogP contribution in [-0.2, 0) is 19.7 Å². The van der Waals surface area contributed by atoms with E-state index in [1.165, 1.54) is 7.11 Å². The molecule has 0 radical (unpaired) electrons. The lowest BCUT2D eigenvalue weighted by atomic mass is 9.72. The van der Waals surface area contributed by atoms with Crippen molar-refractivity contribution in [2.24, 2.45) is 5.92 Å². The second kappa shape index (κ2) is 10.4. The van der Waals surface area contributed by atoms with Crippen molar-refractivity contribution in [2.75, 3.05) is 39.8 Å². The van der Waals surface area contributed by atoms with Crippen LogP contribution < -0.4 is 5.32 Å². The van der Waals surface area contributed by atoms with Crippen LogP contribution >= 0.6 is 0 Å². The van der Waals surface area contributed by atoms with E-state index in [0.29, 0.717) is 51.5 Å². The lowest BCUT2D eigenvalue weighted by Crippen LogP contribution is -2.53. The number of hydrogen-bond acceptors (Lipinski definition) is 5. The first-order valence-corrected chi connectivity index (χ1v) is 11.8. The van der Waals surface area contributed by atoms with Gasteiger partial charge in [-0.05, 0) is 57.9 Å². The minimum Gasteiger partial charge on any atom is -0.453 e. The van der Waals surface area contributed by atoms with Crippen LogP contribution in [0.5, 0.6) is 0 Å². The molecule has 0 saturated carbocycles. The third kappa shape index (κ3) is 6.18. The van der Waals surface area contributed by atoms with Gasteiger partial charge in [-0.15, -0.1) is 0 Å². The van der Waals surface area contributed by atoms with Gasteiger partial charge in [-0.2, -0.15) is 0 Å². The summed E-state index contributed by atoms with van der Waals surface area (Å²) in [6, 6.07) is 9.82. The summed E-state index contributed by atoms with van der Waals surface area (Å²) in [6.45, 7) is 8.39. The molecule has 3 rings (SSSR count). The maximum Gasteiger partial charge on any atom is 0.410 e. The summed E-state index contributed by atoms with van der Waals surface area (Å²) in [5, 5.41) is 3.19. The summed E-state index contributed by atoms with van der Waals surface area (Å²) < 4.78 is 10.3. The summed E-state index contributed by atoms with van der Waals surface area (Å²) in [6.07, 6.45) is 2.13. The summed E-state index contributed by atoms with van der Waals surface area (Å²) in [7, 11) is 1.38. The number of carbonyl (C=O) groups excluding carboxylic acids is 3.